The van der Waals surface area contributed by atoms with Crippen LogP contribution >= 0.6 is 0 Å². The minimum Gasteiger partial charge on any atom is -0.484 e. The lowest BCUT2D eigenvalue weighted by Crippen LogP contribution is -2.40. The Balaban J connectivity index is 2.13. The van der Waals surface area contributed by atoms with Crippen molar-refractivity contribution in [2.45, 2.75) is 32.4 Å². The summed E-state index contributed by atoms with van der Waals surface area (Å²) in [6, 6.07) is 5.11. The van der Waals surface area contributed by atoms with Crippen molar-refractivity contribution < 1.29 is 14.6 Å². The molecule has 3 N–H and O–H groups in total. The molecular weight excluding hydrogens is 256 g/mol. The number of carbonyl (C=O) groups excluding carboxylic acids is 1. The quantitative estimate of drug-likeness (QED) is 0.711. The van der Waals surface area contributed by atoms with E-state index in [9.17, 15) is 4.79 Å². The van der Waals surface area contributed by atoms with Crippen molar-refractivity contribution in [1.82, 2.24) is 5.32 Å². The van der Waals surface area contributed by atoms with Crippen molar-refractivity contribution in [2.24, 2.45) is 0 Å². The maximum atomic E-state index is 12.3. The van der Waals surface area contributed by atoms with Crippen molar-refractivity contribution in [2.75, 3.05) is 25.0 Å². The molecule has 0 radical (unpaired) electrons. The van der Waals surface area contributed by atoms with E-state index < -0.39 is 0 Å². The van der Waals surface area contributed by atoms with E-state index in [1.54, 1.807) is 13.0 Å². The number of carbonyl (C=O) groups is 1. The van der Waals surface area contributed by atoms with Gasteiger partial charge >= 0.3 is 0 Å². The summed E-state index contributed by atoms with van der Waals surface area (Å²) in [4.78, 5) is 12.3. The van der Waals surface area contributed by atoms with E-state index in [0.717, 1.165) is 11.4 Å². The Bertz CT molecular complexity index is 500. The number of rotatable bonds is 5. The van der Waals surface area contributed by atoms with Gasteiger partial charge in [-0.25, -0.2) is 0 Å². The van der Waals surface area contributed by atoms with Crippen LogP contribution < -0.4 is 15.4 Å². The first-order chi connectivity index (χ1) is 9.43. The fraction of sp³-hybridized carbons (Fsp3) is 0.533. The van der Waals surface area contributed by atoms with Crippen LogP contribution in [-0.2, 0) is 0 Å². The molecule has 1 aromatic carbocycles. The van der Waals surface area contributed by atoms with Crippen LogP contribution in [0.25, 0.3) is 0 Å². The van der Waals surface area contributed by atoms with Crippen LogP contribution in [0.1, 0.15) is 31.1 Å². The summed E-state index contributed by atoms with van der Waals surface area (Å²) in [5.74, 6) is 0.779. The Hall–Kier alpha value is -1.59. The smallest absolute Gasteiger partial charge is 0.179 e. The Labute approximate surface area is 119 Å². The summed E-state index contributed by atoms with van der Waals surface area (Å²) < 4.78 is 5.86. The first-order valence-corrected chi connectivity index (χ1v) is 6.88. The third kappa shape index (κ3) is 3.29. The normalized spacial score (nSPS) is 17.6. The van der Waals surface area contributed by atoms with Gasteiger partial charge in [-0.1, -0.05) is 0 Å². The van der Waals surface area contributed by atoms with Crippen LogP contribution in [-0.4, -0.2) is 42.2 Å². The van der Waals surface area contributed by atoms with Gasteiger partial charge in [0.2, 0.25) is 0 Å². The second kappa shape index (κ2) is 5.81. The molecule has 1 aliphatic rings. The molecule has 0 aromatic heterocycles. The van der Waals surface area contributed by atoms with Gasteiger partial charge in [0.1, 0.15) is 11.4 Å². The highest BCUT2D eigenvalue weighted by atomic mass is 16.5. The SMILES string of the molecule is CC(NCCO)C(=O)c1ccc2c(c1)NCC(C)(C)O2. The van der Waals surface area contributed by atoms with E-state index in [4.69, 9.17) is 9.84 Å². The Morgan fingerprint density at radius 3 is 3.00 bits per heavy atom. The molecule has 0 amide bonds. The van der Waals surface area contributed by atoms with Crippen LogP contribution in [0.5, 0.6) is 5.75 Å². The topological polar surface area (TPSA) is 70.6 Å². The van der Waals surface area contributed by atoms with E-state index >= 15 is 0 Å². The standard InChI is InChI=1S/C15H22N2O3/c1-10(16-6-7-18)14(19)11-4-5-13-12(8-11)17-9-15(2,3)20-13/h4-5,8,10,16-18H,6-7,9H2,1-3H3. The van der Waals surface area contributed by atoms with Crippen LogP contribution in [0.15, 0.2) is 18.2 Å². The van der Waals surface area contributed by atoms with Gasteiger partial charge in [0.05, 0.1) is 24.9 Å². The van der Waals surface area contributed by atoms with Crippen LogP contribution in [0.2, 0.25) is 0 Å². The van der Waals surface area contributed by atoms with Crippen molar-refractivity contribution in [3.8, 4) is 5.75 Å². The van der Waals surface area contributed by atoms with Gasteiger partial charge in [-0.15, -0.1) is 0 Å². The Morgan fingerprint density at radius 1 is 1.55 bits per heavy atom. The van der Waals surface area contributed by atoms with E-state index in [2.05, 4.69) is 10.6 Å². The first-order valence-electron chi connectivity index (χ1n) is 6.88. The van der Waals surface area contributed by atoms with Gasteiger partial charge < -0.3 is 20.5 Å². The lowest BCUT2D eigenvalue weighted by Gasteiger charge is -2.33. The molecule has 110 valence electrons. The molecule has 0 fully saturated rings. The molecule has 1 atom stereocenters. The fourth-order valence-corrected chi connectivity index (χ4v) is 2.18. The number of aliphatic hydroxyl groups is 1. The highest BCUT2D eigenvalue weighted by molar-refractivity contribution is 6.01. The average Bonchev–Trinajstić information content (AvgIpc) is 2.42. The van der Waals surface area contributed by atoms with Crippen LogP contribution in [0, 0.1) is 0 Å². The Morgan fingerprint density at radius 2 is 2.30 bits per heavy atom. The molecule has 20 heavy (non-hydrogen) atoms. The second-order valence-corrected chi connectivity index (χ2v) is 5.69. The third-order valence-corrected chi connectivity index (χ3v) is 3.31. The molecule has 1 aliphatic heterocycles. The molecule has 1 aromatic rings. The van der Waals surface area contributed by atoms with Gasteiger partial charge in [-0.05, 0) is 39.0 Å². The minimum absolute atomic E-state index is 0.00730. The van der Waals surface area contributed by atoms with Crippen molar-refractivity contribution >= 4 is 11.5 Å². The van der Waals surface area contributed by atoms with E-state index in [-0.39, 0.29) is 24.0 Å². The number of fused-ring (bicyclic) bond motifs is 1. The molecule has 1 heterocycles. The summed E-state index contributed by atoms with van der Waals surface area (Å²) in [6.45, 7) is 6.96. The number of ether oxygens (including phenoxy) is 1. The summed E-state index contributed by atoms with van der Waals surface area (Å²) in [7, 11) is 0. The zero-order valence-corrected chi connectivity index (χ0v) is 12.2. The molecule has 0 spiro atoms. The molecule has 0 aliphatic carbocycles. The summed E-state index contributed by atoms with van der Waals surface area (Å²) in [5.41, 5.74) is 1.25. The number of aliphatic hydroxyl groups excluding tert-OH is 1. The van der Waals surface area contributed by atoms with E-state index in [0.29, 0.717) is 18.7 Å². The zero-order valence-electron chi connectivity index (χ0n) is 12.2. The number of nitrogens with one attached hydrogen (secondary N) is 2. The van der Waals surface area contributed by atoms with E-state index in [1.807, 2.05) is 26.0 Å². The summed E-state index contributed by atoms with van der Waals surface area (Å²) in [6.07, 6.45) is 0. The number of ketones is 1. The predicted octanol–water partition coefficient (Wildman–Crippen LogP) is 1.42. The molecule has 0 saturated heterocycles. The molecule has 1 unspecified atom stereocenters. The maximum absolute atomic E-state index is 12.3. The number of hydrogen-bond acceptors (Lipinski definition) is 5. The molecule has 5 heteroatoms. The maximum Gasteiger partial charge on any atom is 0.179 e. The van der Waals surface area contributed by atoms with Gasteiger partial charge in [0, 0.05) is 12.1 Å². The minimum atomic E-state index is -0.318. The fourth-order valence-electron chi connectivity index (χ4n) is 2.18. The number of anilines is 1. The molecule has 2 rings (SSSR count). The third-order valence-electron chi connectivity index (χ3n) is 3.31. The van der Waals surface area contributed by atoms with Gasteiger partial charge in [0.25, 0.3) is 0 Å². The molecule has 0 bridgehead atoms. The van der Waals surface area contributed by atoms with Crippen molar-refractivity contribution in [1.29, 1.82) is 0 Å². The second-order valence-electron chi connectivity index (χ2n) is 5.69. The predicted molar refractivity (Wildman–Crippen MR) is 78.5 cm³/mol. The van der Waals surface area contributed by atoms with Gasteiger partial charge in [-0.3, -0.25) is 4.79 Å². The average molecular weight is 278 g/mol. The zero-order chi connectivity index (χ0) is 14.8. The molecular formula is C15H22N2O3. The largest absolute Gasteiger partial charge is 0.484 e. The number of Topliss-reactive ketones (excluding diaryl/α,β-unsaturated/α-hetero) is 1. The van der Waals surface area contributed by atoms with Crippen molar-refractivity contribution in [3.63, 3.8) is 0 Å². The highest BCUT2D eigenvalue weighted by Gasteiger charge is 2.27. The first kappa shape index (κ1) is 14.8. The lowest BCUT2D eigenvalue weighted by molar-refractivity contribution is 0.0948. The number of benzene rings is 1. The number of hydrogen-bond donors (Lipinski definition) is 3. The van der Waals surface area contributed by atoms with E-state index in [1.165, 1.54) is 0 Å². The van der Waals surface area contributed by atoms with Crippen LogP contribution in [0.3, 0.4) is 0 Å². The molecule has 5 nitrogen and oxygen atoms in total. The Kier molecular flexibility index (Phi) is 4.30. The van der Waals surface area contributed by atoms with Gasteiger partial charge in [0.15, 0.2) is 5.78 Å². The summed E-state index contributed by atoms with van der Waals surface area (Å²) >= 11 is 0. The van der Waals surface area contributed by atoms with Crippen LogP contribution in [0.4, 0.5) is 5.69 Å². The monoisotopic (exact) mass is 278 g/mol. The van der Waals surface area contributed by atoms with Gasteiger partial charge in [-0.2, -0.15) is 0 Å². The lowest BCUT2D eigenvalue weighted by atomic mass is 10.0. The summed E-state index contributed by atoms with van der Waals surface area (Å²) in [5, 5.41) is 15.0. The molecule has 0 saturated carbocycles. The van der Waals surface area contributed by atoms with Crippen molar-refractivity contribution in [3.05, 3.63) is 23.8 Å². The highest BCUT2D eigenvalue weighted by Crippen LogP contribution is 2.33.